The van der Waals surface area contributed by atoms with Gasteiger partial charge in [0.1, 0.15) is 0 Å². The number of anilines is 2. The summed E-state index contributed by atoms with van der Waals surface area (Å²) in [4.78, 5) is 20.4. The molecule has 0 spiro atoms. The molecule has 168 valence electrons. The van der Waals surface area contributed by atoms with Crippen LogP contribution in [0, 0.1) is 5.92 Å². The number of aromatic nitrogens is 4. The molecule has 2 aliphatic heterocycles. The fraction of sp³-hybridized carbons (Fsp3) is 0.652. The van der Waals surface area contributed by atoms with Gasteiger partial charge in [0, 0.05) is 56.4 Å². The molecule has 0 saturated carbocycles. The predicted molar refractivity (Wildman–Crippen MR) is 120 cm³/mol. The largest absolute Gasteiger partial charge is 0.393 e. The number of nitrogens with one attached hydrogen (secondary N) is 1. The predicted octanol–water partition coefficient (Wildman–Crippen LogP) is 2.97. The highest BCUT2D eigenvalue weighted by molar-refractivity contribution is 5.32. The van der Waals surface area contributed by atoms with Crippen LogP contribution < -0.4 is 10.2 Å². The number of hydrogen-bond donors (Lipinski definition) is 2. The maximum absolute atomic E-state index is 9.71. The molecule has 2 unspecified atom stereocenters. The van der Waals surface area contributed by atoms with Crippen molar-refractivity contribution in [1.82, 2.24) is 19.9 Å². The lowest BCUT2D eigenvalue weighted by molar-refractivity contribution is 0.0379. The Morgan fingerprint density at radius 2 is 1.61 bits per heavy atom. The summed E-state index contributed by atoms with van der Waals surface area (Å²) in [6, 6.07) is 0.233. The zero-order chi connectivity index (χ0) is 21.8. The molecule has 4 heterocycles. The second-order valence-electron chi connectivity index (χ2n) is 9.10. The minimum atomic E-state index is -0.197. The SMILES string of the molecule is CC(C)c1cnc(NC2CCOCC2[C@@H](C)c2cnc(N3CCC(O)CC3)nc2)nc1. The van der Waals surface area contributed by atoms with E-state index in [0.717, 1.165) is 56.0 Å². The van der Waals surface area contributed by atoms with E-state index in [1.807, 2.05) is 24.8 Å². The van der Waals surface area contributed by atoms with E-state index in [2.05, 4.69) is 50.9 Å². The van der Waals surface area contributed by atoms with Crippen LogP contribution in [0.3, 0.4) is 0 Å². The second-order valence-corrected chi connectivity index (χ2v) is 9.10. The van der Waals surface area contributed by atoms with Crippen LogP contribution in [0.25, 0.3) is 0 Å². The van der Waals surface area contributed by atoms with Gasteiger partial charge in [-0.25, -0.2) is 19.9 Å². The lowest BCUT2D eigenvalue weighted by atomic mass is 9.82. The highest BCUT2D eigenvalue weighted by Gasteiger charge is 2.32. The second kappa shape index (κ2) is 9.87. The Bertz CT molecular complexity index is 821. The molecule has 4 rings (SSSR count). The van der Waals surface area contributed by atoms with E-state index in [4.69, 9.17) is 4.74 Å². The standard InChI is InChI=1S/C23H34N6O2/c1-15(2)17-10-24-22(25-11-17)28-21-6-9-31-14-20(21)16(3)18-12-26-23(27-13-18)29-7-4-19(30)5-8-29/h10-13,15-16,19-21,30H,4-9,14H2,1-3H3,(H,24,25,28)/t16-,20?,21?/m0/s1. The molecule has 31 heavy (non-hydrogen) atoms. The van der Waals surface area contributed by atoms with Crippen LogP contribution in [0.4, 0.5) is 11.9 Å². The van der Waals surface area contributed by atoms with Crippen molar-refractivity contribution in [2.45, 2.75) is 64.0 Å². The molecule has 0 amide bonds. The number of nitrogens with zero attached hydrogens (tertiary/aromatic N) is 5. The van der Waals surface area contributed by atoms with Crippen LogP contribution in [0.15, 0.2) is 24.8 Å². The first-order valence-corrected chi connectivity index (χ1v) is 11.4. The molecule has 2 N–H and O–H groups in total. The molecule has 2 aliphatic rings. The van der Waals surface area contributed by atoms with Crippen LogP contribution in [0.5, 0.6) is 0 Å². The monoisotopic (exact) mass is 426 g/mol. The fourth-order valence-electron chi connectivity index (χ4n) is 4.35. The molecule has 2 saturated heterocycles. The third-order valence-corrected chi connectivity index (χ3v) is 6.63. The van der Waals surface area contributed by atoms with Crippen molar-refractivity contribution in [3.8, 4) is 0 Å². The van der Waals surface area contributed by atoms with E-state index in [9.17, 15) is 5.11 Å². The molecule has 2 fully saturated rings. The summed E-state index contributed by atoms with van der Waals surface area (Å²) in [5.74, 6) is 2.36. The van der Waals surface area contributed by atoms with Gasteiger partial charge in [-0.2, -0.15) is 0 Å². The molecule has 0 aromatic carbocycles. The highest BCUT2D eigenvalue weighted by Crippen LogP contribution is 2.32. The van der Waals surface area contributed by atoms with Crippen LogP contribution in [0.2, 0.25) is 0 Å². The first-order valence-electron chi connectivity index (χ1n) is 11.4. The third kappa shape index (κ3) is 5.30. The van der Waals surface area contributed by atoms with Crippen LogP contribution in [-0.4, -0.2) is 63.5 Å². The van der Waals surface area contributed by atoms with Gasteiger partial charge in [0.05, 0.1) is 12.7 Å². The number of aliphatic hydroxyl groups excluding tert-OH is 1. The van der Waals surface area contributed by atoms with E-state index in [-0.39, 0.29) is 24.0 Å². The molecule has 8 nitrogen and oxygen atoms in total. The summed E-state index contributed by atoms with van der Waals surface area (Å²) in [6.07, 6.45) is 9.96. The zero-order valence-corrected chi connectivity index (χ0v) is 18.7. The lowest BCUT2D eigenvalue weighted by Crippen LogP contribution is -2.41. The number of aliphatic hydroxyl groups is 1. The fourth-order valence-corrected chi connectivity index (χ4v) is 4.35. The van der Waals surface area contributed by atoms with Gasteiger partial charge in [0.15, 0.2) is 0 Å². The van der Waals surface area contributed by atoms with Gasteiger partial charge in [-0.1, -0.05) is 20.8 Å². The average molecular weight is 427 g/mol. The van der Waals surface area contributed by atoms with E-state index in [1.54, 1.807) is 0 Å². The Labute approximate surface area is 184 Å². The maximum Gasteiger partial charge on any atom is 0.225 e. The molecular formula is C23H34N6O2. The van der Waals surface area contributed by atoms with Gasteiger partial charge in [-0.3, -0.25) is 0 Å². The van der Waals surface area contributed by atoms with Gasteiger partial charge in [0.2, 0.25) is 11.9 Å². The summed E-state index contributed by atoms with van der Waals surface area (Å²) in [6.45, 7) is 9.53. The Kier molecular flexibility index (Phi) is 6.97. The lowest BCUT2D eigenvalue weighted by Gasteiger charge is -2.36. The molecule has 2 aromatic heterocycles. The van der Waals surface area contributed by atoms with E-state index < -0.39 is 0 Å². The van der Waals surface area contributed by atoms with Gasteiger partial charge >= 0.3 is 0 Å². The van der Waals surface area contributed by atoms with Crippen molar-refractivity contribution in [1.29, 1.82) is 0 Å². The Morgan fingerprint density at radius 1 is 0.968 bits per heavy atom. The van der Waals surface area contributed by atoms with Crippen molar-refractivity contribution in [3.05, 3.63) is 35.9 Å². The molecule has 0 radical (unpaired) electrons. The zero-order valence-electron chi connectivity index (χ0n) is 18.7. The summed E-state index contributed by atoms with van der Waals surface area (Å²) < 4.78 is 5.82. The number of ether oxygens (including phenoxy) is 1. The third-order valence-electron chi connectivity index (χ3n) is 6.63. The number of rotatable bonds is 6. The molecule has 2 aromatic rings. The Morgan fingerprint density at radius 3 is 2.26 bits per heavy atom. The Balaban J connectivity index is 1.42. The topological polar surface area (TPSA) is 96.3 Å². The molecular weight excluding hydrogens is 392 g/mol. The highest BCUT2D eigenvalue weighted by atomic mass is 16.5. The van der Waals surface area contributed by atoms with Gasteiger partial charge in [0.25, 0.3) is 0 Å². The number of hydrogen-bond acceptors (Lipinski definition) is 8. The maximum atomic E-state index is 9.71. The van der Waals surface area contributed by atoms with E-state index >= 15 is 0 Å². The first kappa shape index (κ1) is 21.9. The van der Waals surface area contributed by atoms with E-state index in [0.29, 0.717) is 18.5 Å². The smallest absolute Gasteiger partial charge is 0.225 e. The minimum Gasteiger partial charge on any atom is -0.393 e. The summed E-state index contributed by atoms with van der Waals surface area (Å²) >= 11 is 0. The van der Waals surface area contributed by atoms with Crippen molar-refractivity contribution >= 4 is 11.9 Å². The quantitative estimate of drug-likeness (QED) is 0.728. The summed E-state index contributed by atoms with van der Waals surface area (Å²) in [5.41, 5.74) is 2.25. The molecule has 0 aliphatic carbocycles. The van der Waals surface area contributed by atoms with Crippen molar-refractivity contribution in [3.63, 3.8) is 0 Å². The average Bonchev–Trinajstić information content (AvgIpc) is 2.80. The van der Waals surface area contributed by atoms with Gasteiger partial charge in [-0.05, 0) is 42.2 Å². The van der Waals surface area contributed by atoms with Crippen LogP contribution in [-0.2, 0) is 4.74 Å². The van der Waals surface area contributed by atoms with E-state index in [1.165, 1.54) is 0 Å². The normalized spacial score (nSPS) is 23.7. The van der Waals surface area contributed by atoms with Crippen molar-refractivity contribution < 1.29 is 9.84 Å². The van der Waals surface area contributed by atoms with Crippen molar-refractivity contribution in [2.75, 3.05) is 36.5 Å². The first-order chi connectivity index (χ1) is 15.0. The molecule has 0 bridgehead atoms. The molecule has 8 heteroatoms. The number of piperidine rings is 1. The Hall–Kier alpha value is -2.32. The molecule has 3 atom stereocenters. The van der Waals surface area contributed by atoms with Crippen LogP contribution in [0.1, 0.15) is 63.0 Å². The summed E-state index contributed by atoms with van der Waals surface area (Å²) in [7, 11) is 0. The van der Waals surface area contributed by atoms with Gasteiger partial charge in [-0.15, -0.1) is 0 Å². The summed E-state index contributed by atoms with van der Waals surface area (Å²) in [5, 5.41) is 13.2. The van der Waals surface area contributed by atoms with Gasteiger partial charge < -0.3 is 20.1 Å². The van der Waals surface area contributed by atoms with Crippen LogP contribution >= 0.6 is 0 Å². The minimum absolute atomic E-state index is 0.197. The van der Waals surface area contributed by atoms with Crippen molar-refractivity contribution in [2.24, 2.45) is 5.92 Å².